The summed E-state index contributed by atoms with van der Waals surface area (Å²) in [6, 6.07) is 3.17. The molecule has 0 aromatic heterocycles. The lowest BCUT2D eigenvalue weighted by Crippen LogP contribution is -2.36. The molecule has 0 unspecified atom stereocenters. The van der Waals surface area contributed by atoms with Gasteiger partial charge in [0.2, 0.25) is 5.82 Å². The molecule has 1 amide bonds. The van der Waals surface area contributed by atoms with E-state index < -0.39 is 22.3 Å². The zero-order valence-electron chi connectivity index (χ0n) is 11.8. The first-order chi connectivity index (χ1) is 9.97. The predicted octanol–water partition coefficient (Wildman–Crippen LogP) is 1.81. The lowest BCUT2D eigenvalue weighted by atomic mass is 9.97. The zero-order valence-corrected chi connectivity index (χ0v) is 11.8. The van der Waals surface area contributed by atoms with Crippen LogP contribution in [0.2, 0.25) is 0 Å². The molecule has 1 fully saturated rings. The fourth-order valence-corrected chi connectivity index (χ4v) is 2.40. The van der Waals surface area contributed by atoms with Gasteiger partial charge in [-0.1, -0.05) is 0 Å². The Morgan fingerprint density at radius 1 is 1.48 bits per heavy atom. The van der Waals surface area contributed by atoms with Gasteiger partial charge in [0, 0.05) is 18.2 Å². The van der Waals surface area contributed by atoms with E-state index in [-0.39, 0.29) is 5.56 Å². The van der Waals surface area contributed by atoms with Crippen LogP contribution in [0.4, 0.5) is 10.1 Å². The van der Waals surface area contributed by atoms with E-state index in [1.807, 2.05) is 0 Å². The van der Waals surface area contributed by atoms with Crippen LogP contribution in [0.15, 0.2) is 18.2 Å². The number of halogens is 1. The highest BCUT2D eigenvalue weighted by molar-refractivity contribution is 5.94. The van der Waals surface area contributed by atoms with Gasteiger partial charge in [0.25, 0.3) is 5.91 Å². The molecule has 0 saturated carbocycles. The molecule has 7 heteroatoms. The topological polar surface area (TPSA) is 75.5 Å². The summed E-state index contributed by atoms with van der Waals surface area (Å²) in [6.45, 7) is 2.54. The molecule has 6 nitrogen and oxygen atoms in total. The summed E-state index contributed by atoms with van der Waals surface area (Å²) in [4.78, 5) is 24.0. The first kappa shape index (κ1) is 15.4. The Bertz CT molecular complexity index is 542. The van der Waals surface area contributed by atoms with Crippen LogP contribution in [0.5, 0.6) is 0 Å². The van der Waals surface area contributed by atoms with Crippen LogP contribution in [0.1, 0.15) is 23.2 Å². The molecule has 1 aromatic carbocycles. The zero-order chi connectivity index (χ0) is 15.4. The van der Waals surface area contributed by atoms with Gasteiger partial charge in [-0.3, -0.25) is 14.9 Å². The van der Waals surface area contributed by atoms with Gasteiger partial charge in [-0.25, -0.2) is 0 Å². The fraction of sp³-hybridized carbons (Fsp3) is 0.500. The third-order valence-corrected chi connectivity index (χ3v) is 3.79. The van der Waals surface area contributed by atoms with Crippen LogP contribution in [0.25, 0.3) is 0 Å². The van der Waals surface area contributed by atoms with Crippen molar-refractivity contribution in [3.05, 3.63) is 39.7 Å². The van der Waals surface area contributed by atoms with Gasteiger partial charge >= 0.3 is 5.69 Å². The smallest absolute Gasteiger partial charge is 0.305 e. The van der Waals surface area contributed by atoms with Crippen molar-refractivity contribution in [2.75, 3.05) is 26.7 Å². The number of carbonyl (C=O) groups is 1. The largest absolute Gasteiger partial charge is 0.352 e. The molecule has 1 saturated heterocycles. The Kier molecular flexibility index (Phi) is 4.85. The van der Waals surface area contributed by atoms with Crippen molar-refractivity contribution in [1.82, 2.24) is 10.2 Å². The van der Waals surface area contributed by atoms with Crippen LogP contribution in [0, 0.1) is 21.8 Å². The maximum atomic E-state index is 13.2. The molecular weight excluding hydrogens is 277 g/mol. The van der Waals surface area contributed by atoms with E-state index in [0.717, 1.165) is 38.1 Å². The van der Waals surface area contributed by atoms with Crippen LogP contribution in [-0.2, 0) is 0 Å². The second-order valence-corrected chi connectivity index (χ2v) is 5.38. The highest BCUT2D eigenvalue weighted by Crippen LogP contribution is 2.19. The van der Waals surface area contributed by atoms with Gasteiger partial charge in [0.1, 0.15) is 0 Å². The number of nitro groups is 1. The first-order valence-electron chi connectivity index (χ1n) is 6.88. The molecule has 1 aliphatic heterocycles. The summed E-state index contributed by atoms with van der Waals surface area (Å²) in [5.41, 5.74) is -0.571. The van der Waals surface area contributed by atoms with Gasteiger partial charge in [-0.05, 0) is 51.0 Å². The van der Waals surface area contributed by atoms with E-state index in [0.29, 0.717) is 12.5 Å². The Balaban J connectivity index is 1.94. The molecule has 0 spiro atoms. The van der Waals surface area contributed by atoms with Crippen molar-refractivity contribution in [2.24, 2.45) is 5.92 Å². The van der Waals surface area contributed by atoms with E-state index in [9.17, 15) is 19.3 Å². The Hall–Kier alpha value is -2.02. The molecule has 0 atom stereocenters. The molecule has 0 aliphatic carbocycles. The molecule has 1 aromatic rings. The average molecular weight is 295 g/mol. The number of hydrogen-bond acceptors (Lipinski definition) is 4. The number of nitro benzene ring substituents is 1. The maximum absolute atomic E-state index is 13.2. The Labute approximate surface area is 122 Å². The number of hydrogen-bond donors (Lipinski definition) is 1. The second kappa shape index (κ2) is 6.62. The van der Waals surface area contributed by atoms with Crippen molar-refractivity contribution in [1.29, 1.82) is 0 Å². The molecule has 21 heavy (non-hydrogen) atoms. The molecule has 2 rings (SSSR count). The molecule has 0 bridgehead atoms. The molecule has 1 N–H and O–H groups in total. The average Bonchev–Trinajstić information content (AvgIpc) is 2.46. The normalized spacial score (nSPS) is 16.7. The fourth-order valence-electron chi connectivity index (χ4n) is 2.40. The SMILES string of the molecule is CN1CCC(CNC(=O)c2ccc(F)c([N+](=O)[O-])c2)CC1. The third-order valence-electron chi connectivity index (χ3n) is 3.79. The lowest BCUT2D eigenvalue weighted by molar-refractivity contribution is -0.387. The monoisotopic (exact) mass is 295 g/mol. The number of piperidine rings is 1. The Morgan fingerprint density at radius 2 is 2.14 bits per heavy atom. The van der Waals surface area contributed by atoms with Crippen molar-refractivity contribution >= 4 is 11.6 Å². The number of rotatable bonds is 4. The van der Waals surface area contributed by atoms with Gasteiger partial charge in [-0.15, -0.1) is 0 Å². The van der Waals surface area contributed by atoms with E-state index in [1.54, 1.807) is 0 Å². The molecular formula is C14H18FN3O3. The van der Waals surface area contributed by atoms with Crippen LogP contribution >= 0.6 is 0 Å². The quantitative estimate of drug-likeness (QED) is 0.679. The van der Waals surface area contributed by atoms with Crippen molar-refractivity contribution in [3.63, 3.8) is 0 Å². The number of benzene rings is 1. The summed E-state index contributed by atoms with van der Waals surface area (Å²) in [5.74, 6) is -0.926. The van der Waals surface area contributed by atoms with E-state index >= 15 is 0 Å². The number of nitrogens with zero attached hydrogens (tertiary/aromatic N) is 2. The van der Waals surface area contributed by atoms with Gasteiger partial charge in [0.05, 0.1) is 4.92 Å². The molecule has 0 radical (unpaired) electrons. The molecule has 1 aliphatic rings. The minimum absolute atomic E-state index is 0.107. The van der Waals surface area contributed by atoms with Crippen molar-refractivity contribution < 1.29 is 14.1 Å². The summed E-state index contributed by atoms with van der Waals surface area (Å²) in [6.07, 6.45) is 2.03. The highest BCUT2D eigenvalue weighted by Gasteiger charge is 2.20. The van der Waals surface area contributed by atoms with Gasteiger partial charge < -0.3 is 10.2 Å². The molecule has 114 valence electrons. The second-order valence-electron chi connectivity index (χ2n) is 5.38. The highest BCUT2D eigenvalue weighted by atomic mass is 19.1. The number of nitrogens with one attached hydrogen (secondary N) is 1. The predicted molar refractivity (Wildman–Crippen MR) is 75.6 cm³/mol. The summed E-state index contributed by atoms with van der Waals surface area (Å²) < 4.78 is 13.2. The van der Waals surface area contributed by atoms with Crippen molar-refractivity contribution in [3.8, 4) is 0 Å². The molecule has 1 heterocycles. The lowest BCUT2D eigenvalue weighted by Gasteiger charge is -2.28. The van der Waals surface area contributed by atoms with Gasteiger partial charge in [0.15, 0.2) is 0 Å². The standard InChI is InChI=1S/C14H18FN3O3/c1-17-6-4-10(5-7-17)9-16-14(19)11-2-3-12(15)13(8-11)18(20)21/h2-3,8,10H,4-7,9H2,1H3,(H,16,19). The minimum atomic E-state index is -0.938. The first-order valence-corrected chi connectivity index (χ1v) is 6.88. The minimum Gasteiger partial charge on any atom is -0.352 e. The van der Waals surface area contributed by atoms with Gasteiger partial charge in [-0.2, -0.15) is 4.39 Å². The Morgan fingerprint density at radius 3 is 2.76 bits per heavy atom. The van der Waals surface area contributed by atoms with Crippen LogP contribution in [-0.4, -0.2) is 42.4 Å². The number of carbonyl (C=O) groups excluding carboxylic acids is 1. The van der Waals surface area contributed by atoms with Crippen LogP contribution < -0.4 is 5.32 Å². The third kappa shape index (κ3) is 3.98. The number of likely N-dealkylation sites (tertiary alicyclic amines) is 1. The summed E-state index contributed by atoms with van der Waals surface area (Å²) >= 11 is 0. The maximum Gasteiger partial charge on any atom is 0.305 e. The summed E-state index contributed by atoms with van der Waals surface area (Å²) in [5, 5.41) is 13.4. The summed E-state index contributed by atoms with van der Waals surface area (Å²) in [7, 11) is 2.06. The van der Waals surface area contributed by atoms with Crippen molar-refractivity contribution in [2.45, 2.75) is 12.8 Å². The van der Waals surface area contributed by atoms with E-state index in [4.69, 9.17) is 0 Å². The van der Waals surface area contributed by atoms with E-state index in [1.165, 1.54) is 6.07 Å². The number of amides is 1. The van der Waals surface area contributed by atoms with Crippen LogP contribution in [0.3, 0.4) is 0 Å². The van der Waals surface area contributed by atoms with E-state index in [2.05, 4.69) is 17.3 Å².